The molecule has 0 unspecified atom stereocenters. The lowest BCUT2D eigenvalue weighted by Crippen LogP contribution is -2.23. The molecule has 0 aliphatic heterocycles. The number of aryl methyl sites for hydroxylation is 1. The largest absolute Gasteiger partial charge is 0.289 e. The highest BCUT2D eigenvalue weighted by Gasteiger charge is 2.16. The predicted octanol–water partition coefficient (Wildman–Crippen LogP) is 2.53. The Morgan fingerprint density at radius 1 is 1.33 bits per heavy atom. The molecule has 3 rings (SSSR count). The normalized spacial score (nSPS) is 11.2. The number of hydrogen-bond donors (Lipinski definition) is 0. The Morgan fingerprint density at radius 3 is 2.76 bits per heavy atom. The third-order valence-corrected chi connectivity index (χ3v) is 3.32. The summed E-state index contributed by atoms with van der Waals surface area (Å²) in [7, 11) is 0. The Morgan fingerprint density at radius 2 is 2.10 bits per heavy atom. The van der Waals surface area contributed by atoms with E-state index >= 15 is 0 Å². The zero-order chi connectivity index (χ0) is 15.1. The maximum Gasteiger partial charge on any atom is 0.289 e. The van der Waals surface area contributed by atoms with Gasteiger partial charge >= 0.3 is 0 Å². The molecule has 2 aromatic heterocycles. The molecular weight excluding hydrogens is 302 g/mol. The van der Waals surface area contributed by atoms with Crippen molar-refractivity contribution < 1.29 is 8.78 Å². The molecular formula is C13H9ClF2N4O. The van der Waals surface area contributed by atoms with Crippen LogP contribution in [-0.4, -0.2) is 19.3 Å². The molecule has 2 heterocycles. The maximum absolute atomic E-state index is 13.9. The Hall–Kier alpha value is -2.28. The lowest BCUT2D eigenvalue weighted by Gasteiger charge is -2.09. The SMILES string of the molecule is CCn1c(=O)c(Cl)nc2cnn(-c3ccc(F)cc3F)c21. The fourth-order valence-electron chi connectivity index (χ4n) is 2.15. The molecule has 1 aromatic carbocycles. The van der Waals surface area contributed by atoms with E-state index in [1.165, 1.54) is 21.5 Å². The van der Waals surface area contributed by atoms with Crippen LogP contribution in [0.3, 0.4) is 0 Å². The lowest BCUT2D eigenvalue weighted by molar-refractivity contribution is 0.573. The third kappa shape index (κ3) is 2.09. The second-order valence-corrected chi connectivity index (χ2v) is 4.67. The van der Waals surface area contributed by atoms with Gasteiger partial charge in [0.2, 0.25) is 0 Å². The van der Waals surface area contributed by atoms with Gasteiger partial charge in [-0.05, 0) is 19.1 Å². The van der Waals surface area contributed by atoms with Gasteiger partial charge in [-0.25, -0.2) is 18.4 Å². The molecule has 8 heteroatoms. The van der Waals surface area contributed by atoms with E-state index in [9.17, 15) is 13.6 Å². The van der Waals surface area contributed by atoms with Crippen LogP contribution < -0.4 is 5.56 Å². The minimum Gasteiger partial charge on any atom is -0.289 e. The summed E-state index contributed by atoms with van der Waals surface area (Å²) in [4.78, 5) is 15.9. The fourth-order valence-corrected chi connectivity index (χ4v) is 2.34. The summed E-state index contributed by atoms with van der Waals surface area (Å²) in [6, 6.07) is 3.11. The first kappa shape index (κ1) is 13.7. The summed E-state index contributed by atoms with van der Waals surface area (Å²) in [5.41, 5.74) is 0.190. The van der Waals surface area contributed by atoms with Crippen molar-refractivity contribution in [2.24, 2.45) is 0 Å². The lowest BCUT2D eigenvalue weighted by atomic mass is 10.3. The number of halogens is 3. The number of aromatic nitrogens is 4. The van der Waals surface area contributed by atoms with Gasteiger partial charge in [-0.3, -0.25) is 9.36 Å². The summed E-state index contributed by atoms with van der Waals surface area (Å²) >= 11 is 5.77. The Labute approximate surface area is 122 Å². The summed E-state index contributed by atoms with van der Waals surface area (Å²) in [6.07, 6.45) is 1.37. The quantitative estimate of drug-likeness (QED) is 0.731. The molecule has 0 amide bonds. The van der Waals surface area contributed by atoms with Gasteiger partial charge in [0.1, 0.15) is 17.0 Å². The second kappa shape index (κ2) is 4.92. The zero-order valence-electron chi connectivity index (χ0n) is 10.8. The number of fused-ring (bicyclic) bond motifs is 1. The highest BCUT2D eigenvalue weighted by Crippen LogP contribution is 2.20. The van der Waals surface area contributed by atoms with Gasteiger partial charge in [-0.15, -0.1) is 0 Å². The van der Waals surface area contributed by atoms with Crippen LogP contribution in [0.4, 0.5) is 8.78 Å². The van der Waals surface area contributed by atoms with Crippen LogP contribution in [0.15, 0.2) is 29.2 Å². The maximum atomic E-state index is 13.9. The van der Waals surface area contributed by atoms with Crippen molar-refractivity contribution in [3.8, 4) is 5.69 Å². The molecule has 21 heavy (non-hydrogen) atoms. The van der Waals surface area contributed by atoms with Crippen LogP contribution in [-0.2, 0) is 6.54 Å². The number of rotatable bonds is 2. The topological polar surface area (TPSA) is 52.7 Å². The highest BCUT2D eigenvalue weighted by molar-refractivity contribution is 6.29. The molecule has 5 nitrogen and oxygen atoms in total. The monoisotopic (exact) mass is 310 g/mol. The third-order valence-electron chi connectivity index (χ3n) is 3.08. The smallest absolute Gasteiger partial charge is 0.289 e. The molecule has 0 saturated heterocycles. The Bertz CT molecular complexity index is 903. The van der Waals surface area contributed by atoms with E-state index in [4.69, 9.17) is 11.6 Å². The van der Waals surface area contributed by atoms with Crippen molar-refractivity contribution in [2.45, 2.75) is 13.5 Å². The van der Waals surface area contributed by atoms with Crippen molar-refractivity contribution in [1.29, 1.82) is 0 Å². The van der Waals surface area contributed by atoms with E-state index in [0.717, 1.165) is 12.1 Å². The van der Waals surface area contributed by atoms with Gasteiger partial charge in [0.25, 0.3) is 5.56 Å². The highest BCUT2D eigenvalue weighted by atomic mass is 35.5. The van der Waals surface area contributed by atoms with Crippen molar-refractivity contribution in [1.82, 2.24) is 19.3 Å². The van der Waals surface area contributed by atoms with Crippen LogP contribution in [0.1, 0.15) is 6.92 Å². The summed E-state index contributed by atoms with van der Waals surface area (Å²) in [6.45, 7) is 2.06. The van der Waals surface area contributed by atoms with Crippen molar-refractivity contribution in [2.75, 3.05) is 0 Å². The van der Waals surface area contributed by atoms with Gasteiger partial charge in [0.05, 0.1) is 6.20 Å². The zero-order valence-corrected chi connectivity index (χ0v) is 11.6. The fraction of sp³-hybridized carbons (Fsp3) is 0.154. The van der Waals surface area contributed by atoms with E-state index < -0.39 is 17.2 Å². The van der Waals surface area contributed by atoms with Crippen LogP contribution in [0, 0.1) is 11.6 Å². The molecule has 0 saturated carbocycles. The number of benzene rings is 1. The predicted molar refractivity (Wildman–Crippen MR) is 73.7 cm³/mol. The van der Waals surface area contributed by atoms with E-state index in [-0.39, 0.29) is 10.8 Å². The van der Waals surface area contributed by atoms with Crippen LogP contribution in [0.25, 0.3) is 16.9 Å². The Balaban J connectivity index is 2.39. The molecule has 0 N–H and O–H groups in total. The van der Waals surface area contributed by atoms with Gasteiger partial charge in [0, 0.05) is 12.6 Å². The van der Waals surface area contributed by atoms with Crippen LogP contribution in [0.5, 0.6) is 0 Å². The minimum absolute atomic E-state index is 0.0251. The molecule has 0 spiro atoms. The van der Waals surface area contributed by atoms with Crippen LogP contribution in [0.2, 0.25) is 5.15 Å². The molecule has 0 fully saturated rings. The van der Waals surface area contributed by atoms with Gasteiger partial charge in [-0.1, -0.05) is 11.6 Å². The van der Waals surface area contributed by atoms with E-state index in [1.54, 1.807) is 6.92 Å². The van der Waals surface area contributed by atoms with E-state index in [1.807, 2.05) is 0 Å². The molecule has 0 aliphatic rings. The summed E-state index contributed by atoms with van der Waals surface area (Å²) < 4.78 is 29.5. The van der Waals surface area contributed by atoms with Crippen molar-refractivity contribution in [3.05, 3.63) is 51.5 Å². The number of nitrogens with zero attached hydrogens (tertiary/aromatic N) is 4. The molecule has 0 bridgehead atoms. The molecule has 0 radical (unpaired) electrons. The minimum atomic E-state index is -0.787. The van der Waals surface area contributed by atoms with Crippen molar-refractivity contribution in [3.63, 3.8) is 0 Å². The summed E-state index contributed by atoms with van der Waals surface area (Å²) in [5, 5.41) is 3.84. The first-order chi connectivity index (χ1) is 10.0. The molecule has 3 aromatic rings. The average molecular weight is 311 g/mol. The molecule has 0 atom stereocenters. The molecule has 108 valence electrons. The van der Waals surface area contributed by atoms with Gasteiger partial charge < -0.3 is 0 Å². The molecule has 0 aliphatic carbocycles. The average Bonchev–Trinajstić information content (AvgIpc) is 2.83. The second-order valence-electron chi connectivity index (χ2n) is 4.31. The van der Waals surface area contributed by atoms with E-state index in [2.05, 4.69) is 10.1 Å². The summed E-state index contributed by atoms with van der Waals surface area (Å²) in [5.74, 6) is -1.48. The van der Waals surface area contributed by atoms with Gasteiger partial charge in [-0.2, -0.15) is 5.10 Å². The van der Waals surface area contributed by atoms with Crippen LogP contribution >= 0.6 is 11.6 Å². The van der Waals surface area contributed by atoms with Gasteiger partial charge in [0.15, 0.2) is 16.6 Å². The first-order valence-corrected chi connectivity index (χ1v) is 6.50. The Kier molecular flexibility index (Phi) is 3.21. The van der Waals surface area contributed by atoms with Crippen molar-refractivity contribution >= 4 is 22.8 Å². The standard InChI is InChI=1S/C13H9ClF2N4O/c1-2-19-12-9(18-11(14)13(19)21)6-17-20(12)10-4-3-7(15)5-8(10)16/h3-6H,2H2,1H3. The number of hydrogen-bond acceptors (Lipinski definition) is 3. The van der Waals surface area contributed by atoms with E-state index in [0.29, 0.717) is 17.7 Å². The first-order valence-electron chi connectivity index (χ1n) is 6.12.